The fourth-order valence-electron chi connectivity index (χ4n) is 2.73. The minimum atomic E-state index is -3.77. The molecule has 2 heterocycles. The van der Waals surface area contributed by atoms with E-state index in [-0.39, 0.29) is 33.9 Å². The van der Waals surface area contributed by atoms with Gasteiger partial charge in [-0.1, -0.05) is 29.3 Å². The quantitative estimate of drug-likeness (QED) is 0.790. The lowest BCUT2D eigenvalue weighted by Crippen LogP contribution is -2.50. The van der Waals surface area contributed by atoms with Crippen molar-refractivity contribution < 1.29 is 17.6 Å². The number of aryl methyl sites for hydroxylation is 1. The highest BCUT2D eigenvalue weighted by Gasteiger charge is 2.32. The van der Waals surface area contributed by atoms with E-state index in [1.165, 1.54) is 22.7 Å². The first-order valence-electron chi connectivity index (χ1n) is 7.60. The summed E-state index contributed by atoms with van der Waals surface area (Å²) in [4.78, 5) is 14.1. The van der Waals surface area contributed by atoms with Gasteiger partial charge in [0.25, 0.3) is 5.91 Å². The van der Waals surface area contributed by atoms with Crippen LogP contribution in [0.2, 0.25) is 10.0 Å². The van der Waals surface area contributed by atoms with Crippen molar-refractivity contribution in [3.8, 4) is 0 Å². The molecule has 0 aliphatic carbocycles. The Hall–Kier alpha value is -1.54. The van der Waals surface area contributed by atoms with Crippen LogP contribution < -0.4 is 0 Å². The molecule has 0 saturated carbocycles. The van der Waals surface area contributed by atoms with Gasteiger partial charge in [0.05, 0.1) is 21.9 Å². The van der Waals surface area contributed by atoms with Crippen LogP contribution in [0.5, 0.6) is 0 Å². The topological polar surface area (TPSA) is 70.8 Å². The molecule has 9 heteroatoms. The number of halogens is 2. The molecule has 1 aliphatic heterocycles. The average Bonchev–Trinajstić information content (AvgIpc) is 3.02. The second-order valence-electron chi connectivity index (χ2n) is 5.64. The fourth-order valence-corrected chi connectivity index (χ4v) is 4.89. The molecular weight excluding hydrogens is 387 g/mol. The van der Waals surface area contributed by atoms with E-state index in [9.17, 15) is 13.2 Å². The Balaban J connectivity index is 1.75. The van der Waals surface area contributed by atoms with Crippen molar-refractivity contribution in [2.24, 2.45) is 0 Å². The first kappa shape index (κ1) is 18.3. The van der Waals surface area contributed by atoms with E-state index in [1.54, 1.807) is 24.0 Å². The molecule has 0 spiro atoms. The van der Waals surface area contributed by atoms with E-state index < -0.39 is 10.0 Å². The standard InChI is InChI=1S/C16H16Cl2N2O4S/c1-11-12(5-10-24-11)16(21)19-6-8-20(9-7-19)25(22,23)14-4-2-3-13(17)15(14)18/h2-5,10H,6-9H2,1H3. The molecule has 1 aromatic carbocycles. The second-order valence-corrected chi connectivity index (χ2v) is 8.33. The predicted octanol–water partition coefficient (Wildman–Crippen LogP) is 3.04. The summed E-state index contributed by atoms with van der Waals surface area (Å²) < 4.78 is 32.0. The van der Waals surface area contributed by atoms with Crippen LogP contribution in [0.25, 0.3) is 0 Å². The van der Waals surface area contributed by atoms with Crippen LogP contribution in [0.15, 0.2) is 39.8 Å². The first-order valence-corrected chi connectivity index (χ1v) is 9.79. The number of amides is 1. The van der Waals surface area contributed by atoms with Crippen LogP contribution in [-0.4, -0.2) is 49.7 Å². The molecule has 6 nitrogen and oxygen atoms in total. The minimum Gasteiger partial charge on any atom is -0.469 e. The maximum absolute atomic E-state index is 12.8. The fraction of sp³-hybridized carbons (Fsp3) is 0.312. The van der Waals surface area contributed by atoms with Crippen LogP contribution in [0.3, 0.4) is 0 Å². The molecule has 1 aliphatic rings. The summed E-state index contributed by atoms with van der Waals surface area (Å²) in [6.45, 7) is 2.68. The van der Waals surface area contributed by atoms with Crippen molar-refractivity contribution in [2.75, 3.05) is 26.2 Å². The smallest absolute Gasteiger partial charge is 0.257 e. The Morgan fingerprint density at radius 1 is 1.12 bits per heavy atom. The van der Waals surface area contributed by atoms with Crippen molar-refractivity contribution in [2.45, 2.75) is 11.8 Å². The highest BCUT2D eigenvalue weighted by atomic mass is 35.5. The molecule has 3 rings (SSSR count). The SMILES string of the molecule is Cc1occc1C(=O)N1CCN(S(=O)(=O)c2cccc(Cl)c2Cl)CC1. The van der Waals surface area contributed by atoms with Crippen molar-refractivity contribution in [1.29, 1.82) is 0 Å². The number of carbonyl (C=O) groups is 1. The Labute approximate surface area is 156 Å². The van der Waals surface area contributed by atoms with E-state index in [0.717, 1.165) is 0 Å². The maximum atomic E-state index is 12.8. The van der Waals surface area contributed by atoms with Crippen molar-refractivity contribution in [1.82, 2.24) is 9.21 Å². The summed E-state index contributed by atoms with van der Waals surface area (Å²) in [5, 5.41) is 0.198. The Morgan fingerprint density at radius 3 is 2.40 bits per heavy atom. The van der Waals surface area contributed by atoms with Gasteiger partial charge in [-0.05, 0) is 25.1 Å². The van der Waals surface area contributed by atoms with Gasteiger partial charge in [0.15, 0.2) is 0 Å². The molecule has 25 heavy (non-hydrogen) atoms. The summed E-state index contributed by atoms with van der Waals surface area (Å²) in [5.74, 6) is 0.384. The van der Waals surface area contributed by atoms with Crippen LogP contribution in [0, 0.1) is 6.92 Å². The van der Waals surface area contributed by atoms with Gasteiger partial charge in [0, 0.05) is 26.2 Å². The number of nitrogens with zero attached hydrogens (tertiary/aromatic N) is 2. The molecular formula is C16H16Cl2N2O4S. The monoisotopic (exact) mass is 402 g/mol. The zero-order valence-corrected chi connectivity index (χ0v) is 15.7. The molecule has 0 unspecified atom stereocenters. The molecule has 0 atom stereocenters. The third-order valence-corrected chi connectivity index (χ3v) is 7.02. The van der Waals surface area contributed by atoms with Gasteiger partial charge in [-0.25, -0.2) is 8.42 Å². The van der Waals surface area contributed by atoms with E-state index in [2.05, 4.69) is 0 Å². The lowest BCUT2D eigenvalue weighted by molar-refractivity contribution is 0.0696. The van der Waals surface area contributed by atoms with Gasteiger partial charge in [-0.15, -0.1) is 0 Å². The van der Waals surface area contributed by atoms with Crippen molar-refractivity contribution in [3.05, 3.63) is 51.9 Å². The summed E-state index contributed by atoms with van der Waals surface area (Å²) >= 11 is 12.0. The predicted molar refractivity (Wildman–Crippen MR) is 94.6 cm³/mol. The van der Waals surface area contributed by atoms with Gasteiger partial charge in [-0.3, -0.25) is 4.79 Å². The highest BCUT2D eigenvalue weighted by molar-refractivity contribution is 7.89. The molecule has 0 radical (unpaired) electrons. The number of carbonyl (C=O) groups excluding carboxylic acids is 1. The average molecular weight is 403 g/mol. The maximum Gasteiger partial charge on any atom is 0.257 e. The summed E-state index contributed by atoms with van der Waals surface area (Å²) in [5.41, 5.74) is 0.495. The van der Waals surface area contributed by atoms with Gasteiger partial charge in [0.1, 0.15) is 10.7 Å². The zero-order chi connectivity index (χ0) is 18.2. The van der Waals surface area contributed by atoms with E-state index >= 15 is 0 Å². The van der Waals surface area contributed by atoms with Gasteiger partial charge >= 0.3 is 0 Å². The number of benzene rings is 1. The van der Waals surface area contributed by atoms with Crippen LogP contribution in [-0.2, 0) is 10.0 Å². The summed E-state index contributed by atoms with van der Waals surface area (Å²) in [7, 11) is -3.77. The molecule has 134 valence electrons. The number of furan rings is 1. The molecule has 1 fully saturated rings. The molecule has 1 aromatic heterocycles. The minimum absolute atomic E-state index is 0.0108. The highest BCUT2D eigenvalue weighted by Crippen LogP contribution is 2.31. The van der Waals surface area contributed by atoms with Crippen molar-refractivity contribution >= 4 is 39.1 Å². The van der Waals surface area contributed by atoms with Crippen molar-refractivity contribution in [3.63, 3.8) is 0 Å². The molecule has 2 aromatic rings. The third kappa shape index (κ3) is 3.42. The number of sulfonamides is 1. The van der Waals surface area contributed by atoms with E-state index in [4.69, 9.17) is 27.6 Å². The largest absolute Gasteiger partial charge is 0.469 e. The Morgan fingerprint density at radius 2 is 1.80 bits per heavy atom. The van der Waals surface area contributed by atoms with Crippen LogP contribution in [0.1, 0.15) is 16.1 Å². The normalized spacial score (nSPS) is 16.2. The van der Waals surface area contributed by atoms with Crippen LogP contribution >= 0.6 is 23.2 Å². The zero-order valence-electron chi connectivity index (χ0n) is 13.4. The van der Waals surface area contributed by atoms with Gasteiger partial charge in [0.2, 0.25) is 10.0 Å². The second kappa shape index (κ2) is 6.99. The number of hydrogen-bond acceptors (Lipinski definition) is 4. The Bertz CT molecular complexity index is 903. The number of rotatable bonds is 3. The van der Waals surface area contributed by atoms with Crippen LogP contribution in [0.4, 0.5) is 0 Å². The molecule has 0 N–H and O–H groups in total. The lowest BCUT2D eigenvalue weighted by atomic mass is 10.2. The molecule has 0 bridgehead atoms. The van der Waals surface area contributed by atoms with Gasteiger partial charge < -0.3 is 9.32 Å². The number of piperazine rings is 1. The summed E-state index contributed by atoms with van der Waals surface area (Å²) in [6, 6.07) is 6.12. The summed E-state index contributed by atoms with van der Waals surface area (Å²) in [6.07, 6.45) is 1.46. The third-order valence-electron chi connectivity index (χ3n) is 4.15. The lowest BCUT2D eigenvalue weighted by Gasteiger charge is -2.34. The van der Waals surface area contributed by atoms with E-state index in [0.29, 0.717) is 24.4 Å². The number of hydrogen-bond donors (Lipinski definition) is 0. The molecule has 1 amide bonds. The molecule has 1 saturated heterocycles. The first-order chi connectivity index (χ1) is 11.8. The van der Waals surface area contributed by atoms with E-state index in [1.807, 2.05) is 0 Å². The Kier molecular flexibility index (Phi) is 5.11. The van der Waals surface area contributed by atoms with Gasteiger partial charge in [-0.2, -0.15) is 4.31 Å².